The average molecular weight is 489 g/mol. The molecule has 0 radical (unpaired) electrons. The number of hydrogen-bond acceptors (Lipinski definition) is 5. The molecule has 0 fully saturated rings. The molecular weight excluding hydrogens is 444 g/mol. The summed E-state index contributed by atoms with van der Waals surface area (Å²) in [6, 6.07) is 4.57. The Morgan fingerprint density at radius 1 is 1.21 bits per heavy atom. The first-order valence-electron chi connectivity index (χ1n) is 12.6. The molecule has 2 atom stereocenters. The van der Waals surface area contributed by atoms with E-state index in [9.17, 15) is 15.3 Å². The molecule has 0 aliphatic heterocycles. The minimum Gasteiger partial charge on any atom is -0.508 e. The van der Waals surface area contributed by atoms with Crippen molar-refractivity contribution in [2.24, 2.45) is 17.3 Å². The molecule has 0 aromatic heterocycles. The predicted molar refractivity (Wildman–Crippen MR) is 143 cm³/mol. The lowest BCUT2D eigenvalue weighted by Gasteiger charge is -2.29. The standard InChI is InChI=1S/C29H44O4S/c1-20(2)9-7-8-10-21(3)15-16-29(5,6)17-18-33-28-22(4)24(31)12-14-27(28)34-26-13-11-23(30)19-25(26)32/h10-14,19-20,22,24,30-32H,7-9,15-18H2,1-6H3. The van der Waals surface area contributed by atoms with Crippen LogP contribution in [0.1, 0.15) is 80.1 Å². The molecule has 2 rings (SSSR count). The number of hydrogen-bond donors (Lipinski definition) is 3. The summed E-state index contributed by atoms with van der Waals surface area (Å²) >= 11 is 1.39. The SMILES string of the molecule is CC(=CCCCC(C)C)CCC(C)(C)CCOC1=C(Sc2ccc(O)cc2O)C=CC(O)C1C. The molecule has 1 aliphatic rings. The molecule has 0 spiro atoms. The number of aromatic hydroxyl groups is 2. The number of rotatable bonds is 13. The van der Waals surface area contributed by atoms with Crippen molar-refractivity contribution >= 4 is 11.8 Å². The van der Waals surface area contributed by atoms with Gasteiger partial charge in [0, 0.05) is 12.0 Å². The molecule has 190 valence electrons. The van der Waals surface area contributed by atoms with Crippen LogP contribution in [0, 0.1) is 17.3 Å². The van der Waals surface area contributed by atoms with Crippen molar-refractivity contribution in [2.45, 2.75) is 91.1 Å². The van der Waals surface area contributed by atoms with Crippen molar-refractivity contribution in [3.05, 3.63) is 52.7 Å². The van der Waals surface area contributed by atoms with Gasteiger partial charge >= 0.3 is 0 Å². The van der Waals surface area contributed by atoms with Gasteiger partial charge in [0.2, 0.25) is 0 Å². The molecule has 1 aliphatic carbocycles. The van der Waals surface area contributed by atoms with Crippen molar-refractivity contribution < 1.29 is 20.1 Å². The number of phenols is 2. The molecule has 0 heterocycles. The summed E-state index contributed by atoms with van der Waals surface area (Å²) in [5.41, 5.74) is 1.63. The quantitative estimate of drug-likeness (QED) is 0.194. The van der Waals surface area contributed by atoms with Crippen LogP contribution < -0.4 is 0 Å². The molecule has 1 aromatic rings. The van der Waals surface area contributed by atoms with Gasteiger partial charge in [-0.2, -0.15) is 0 Å². The van der Waals surface area contributed by atoms with Gasteiger partial charge in [-0.15, -0.1) is 0 Å². The second-order valence-electron chi connectivity index (χ2n) is 10.8. The predicted octanol–water partition coefficient (Wildman–Crippen LogP) is 7.95. The Bertz CT molecular complexity index is 882. The van der Waals surface area contributed by atoms with Crippen LogP contribution in [-0.2, 0) is 4.74 Å². The third kappa shape index (κ3) is 9.42. The largest absolute Gasteiger partial charge is 0.508 e. The number of aliphatic hydroxyl groups is 1. The van der Waals surface area contributed by atoms with Crippen LogP contribution in [0.15, 0.2) is 57.6 Å². The minimum atomic E-state index is -0.593. The monoisotopic (exact) mass is 488 g/mol. The van der Waals surface area contributed by atoms with E-state index in [1.54, 1.807) is 18.2 Å². The lowest BCUT2D eigenvalue weighted by molar-refractivity contribution is 0.0939. The van der Waals surface area contributed by atoms with E-state index in [-0.39, 0.29) is 22.8 Å². The highest BCUT2D eigenvalue weighted by molar-refractivity contribution is 8.03. The van der Waals surface area contributed by atoms with E-state index in [0.717, 1.165) is 35.8 Å². The van der Waals surface area contributed by atoms with E-state index in [1.807, 2.05) is 13.0 Å². The summed E-state index contributed by atoms with van der Waals surface area (Å²) in [6.45, 7) is 13.9. The highest BCUT2D eigenvalue weighted by Gasteiger charge is 2.27. The Balaban J connectivity index is 1.94. The van der Waals surface area contributed by atoms with Crippen molar-refractivity contribution in [3.63, 3.8) is 0 Å². The first-order chi connectivity index (χ1) is 16.0. The Hall–Kier alpha value is -1.85. The number of allylic oxidation sites excluding steroid dienone is 3. The molecule has 0 saturated carbocycles. The summed E-state index contributed by atoms with van der Waals surface area (Å²) < 4.78 is 6.26. The minimum absolute atomic E-state index is 0.0257. The Morgan fingerprint density at radius 3 is 2.62 bits per heavy atom. The Morgan fingerprint density at radius 2 is 1.94 bits per heavy atom. The van der Waals surface area contributed by atoms with Crippen LogP contribution in [0.5, 0.6) is 11.5 Å². The van der Waals surface area contributed by atoms with Crippen molar-refractivity contribution in [1.29, 1.82) is 0 Å². The zero-order chi connectivity index (χ0) is 25.3. The molecule has 5 heteroatoms. The van der Waals surface area contributed by atoms with Crippen molar-refractivity contribution in [3.8, 4) is 11.5 Å². The van der Waals surface area contributed by atoms with Crippen LogP contribution in [0.2, 0.25) is 0 Å². The van der Waals surface area contributed by atoms with Crippen molar-refractivity contribution in [1.82, 2.24) is 0 Å². The van der Waals surface area contributed by atoms with Crippen LogP contribution in [0.25, 0.3) is 0 Å². The van der Waals surface area contributed by atoms with E-state index < -0.39 is 6.10 Å². The maximum Gasteiger partial charge on any atom is 0.133 e. The van der Waals surface area contributed by atoms with Gasteiger partial charge in [0.05, 0.1) is 22.5 Å². The van der Waals surface area contributed by atoms with Gasteiger partial charge in [0.15, 0.2) is 0 Å². The molecule has 1 aromatic carbocycles. The highest BCUT2D eigenvalue weighted by Crippen LogP contribution is 2.41. The van der Waals surface area contributed by atoms with Gasteiger partial charge in [-0.05, 0) is 68.6 Å². The van der Waals surface area contributed by atoms with E-state index in [0.29, 0.717) is 11.5 Å². The number of unbranched alkanes of at least 4 members (excludes halogenated alkanes) is 1. The second-order valence-corrected chi connectivity index (χ2v) is 11.8. The maximum absolute atomic E-state index is 10.3. The van der Waals surface area contributed by atoms with Gasteiger partial charge in [0.25, 0.3) is 0 Å². The topological polar surface area (TPSA) is 69.9 Å². The summed E-state index contributed by atoms with van der Waals surface area (Å²) in [5.74, 6) is 1.42. The average Bonchev–Trinajstić information content (AvgIpc) is 2.76. The number of phenolic OH excluding ortho intramolecular Hbond substituents is 2. The summed E-state index contributed by atoms with van der Waals surface area (Å²) in [7, 11) is 0. The first-order valence-corrected chi connectivity index (χ1v) is 13.4. The van der Waals surface area contributed by atoms with E-state index >= 15 is 0 Å². The van der Waals surface area contributed by atoms with E-state index in [1.165, 1.54) is 42.7 Å². The van der Waals surface area contributed by atoms with Crippen LogP contribution in [0.3, 0.4) is 0 Å². The molecule has 0 bridgehead atoms. The summed E-state index contributed by atoms with van der Waals surface area (Å²) in [4.78, 5) is 1.51. The van der Waals surface area contributed by atoms with Crippen LogP contribution in [0.4, 0.5) is 0 Å². The zero-order valence-corrected chi connectivity index (χ0v) is 22.6. The van der Waals surface area contributed by atoms with E-state index in [2.05, 4.69) is 40.7 Å². The number of ether oxygens (including phenoxy) is 1. The lowest BCUT2D eigenvalue weighted by atomic mass is 9.83. The molecule has 2 unspecified atom stereocenters. The van der Waals surface area contributed by atoms with Crippen molar-refractivity contribution in [2.75, 3.05) is 6.61 Å². The lowest BCUT2D eigenvalue weighted by Crippen LogP contribution is -2.24. The second kappa shape index (κ2) is 13.3. The first kappa shape index (κ1) is 28.4. The maximum atomic E-state index is 10.3. The number of thioether (sulfide) groups is 1. The summed E-state index contributed by atoms with van der Waals surface area (Å²) in [5, 5.41) is 30.1. The zero-order valence-electron chi connectivity index (χ0n) is 21.8. The number of benzene rings is 1. The molecule has 4 nitrogen and oxygen atoms in total. The number of aliphatic hydroxyl groups excluding tert-OH is 1. The van der Waals surface area contributed by atoms with Gasteiger partial charge in [-0.1, -0.05) is 70.5 Å². The molecular formula is C29H44O4S. The van der Waals surface area contributed by atoms with Gasteiger partial charge in [-0.25, -0.2) is 0 Å². The van der Waals surface area contributed by atoms with Gasteiger partial charge < -0.3 is 20.1 Å². The fourth-order valence-corrected chi connectivity index (χ4v) is 4.91. The van der Waals surface area contributed by atoms with Crippen LogP contribution >= 0.6 is 11.8 Å². The molecule has 0 saturated heterocycles. The van der Waals surface area contributed by atoms with Crippen LogP contribution in [-0.4, -0.2) is 28.0 Å². The smallest absolute Gasteiger partial charge is 0.133 e. The van der Waals surface area contributed by atoms with Gasteiger partial charge in [-0.3, -0.25) is 0 Å². The fourth-order valence-electron chi connectivity index (χ4n) is 3.89. The molecule has 0 amide bonds. The Labute approximate surface area is 210 Å². The fraction of sp³-hybridized carbons (Fsp3) is 0.586. The summed E-state index contributed by atoms with van der Waals surface area (Å²) in [6.07, 6.45) is 12.3. The normalized spacial score (nSPS) is 19.2. The van der Waals surface area contributed by atoms with Gasteiger partial charge in [0.1, 0.15) is 17.3 Å². The highest BCUT2D eigenvalue weighted by atomic mass is 32.2. The third-order valence-electron chi connectivity index (χ3n) is 6.49. The molecule has 3 N–H and O–H groups in total. The van der Waals surface area contributed by atoms with E-state index in [4.69, 9.17) is 4.74 Å². The third-order valence-corrected chi connectivity index (χ3v) is 7.61. The Kier molecular flexibility index (Phi) is 11.1. The molecule has 34 heavy (non-hydrogen) atoms.